The minimum Gasteiger partial charge on any atom is -0.478 e. The topological polar surface area (TPSA) is 92.4 Å². The number of nitrogens with zero attached hydrogens (tertiary/aromatic N) is 1. The molecule has 0 saturated carbocycles. The molecule has 0 fully saturated rings. The van der Waals surface area contributed by atoms with Gasteiger partial charge in [0.1, 0.15) is 0 Å². The minimum atomic E-state index is -1.01. The number of aromatic carboxylic acids is 1. The largest absolute Gasteiger partial charge is 0.478 e. The summed E-state index contributed by atoms with van der Waals surface area (Å²) in [4.78, 5) is 27.0. The zero-order valence-corrected chi connectivity index (χ0v) is 11.9. The van der Waals surface area contributed by atoms with Crippen molar-refractivity contribution in [1.82, 2.24) is 4.98 Å². The lowest BCUT2D eigenvalue weighted by atomic mass is 10.2. The summed E-state index contributed by atoms with van der Waals surface area (Å²) in [5.41, 5.74) is 0.777. The second-order valence-electron chi connectivity index (χ2n) is 4.06. The number of thiazole rings is 1. The van der Waals surface area contributed by atoms with Gasteiger partial charge in [-0.15, -0.1) is 0 Å². The first-order chi connectivity index (χ1) is 10.0. The molecule has 3 rings (SSSR count). The van der Waals surface area contributed by atoms with Crippen LogP contribution < -0.4 is 5.32 Å². The van der Waals surface area contributed by atoms with Crippen molar-refractivity contribution < 1.29 is 19.1 Å². The highest BCUT2D eigenvalue weighted by Gasteiger charge is 2.14. The summed E-state index contributed by atoms with van der Waals surface area (Å²) in [5.74, 6) is -1.41. The van der Waals surface area contributed by atoms with Gasteiger partial charge in [0.2, 0.25) is 0 Å². The molecule has 0 aliphatic rings. The van der Waals surface area contributed by atoms with E-state index in [1.54, 1.807) is 6.07 Å². The molecule has 2 aromatic heterocycles. The second kappa shape index (κ2) is 5.19. The third-order valence-electron chi connectivity index (χ3n) is 2.65. The standard InChI is InChI=1S/C13H7ClN2O4S/c14-10-4-3-8(20-10)11(17)16-13-15-7-2-1-6(12(18)19)5-9(7)21-13/h1-5H,(H,18,19)(H,15,16,17). The number of carboxylic acid groups (broad SMARTS) is 1. The Labute approximate surface area is 127 Å². The van der Waals surface area contributed by atoms with Gasteiger partial charge in [-0.3, -0.25) is 10.1 Å². The molecular weight excluding hydrogens is 316 g/mol. The van der Waals surface area contributed by atoms with Crippen molar-refractivity contribution in [2.75, 3.05) is 5.32 Å². The van der Waals surface area contributed by atoms with Crippen LogP contribution in [0.25, 0.3) is 10.2 Å². The van der Waals surface area contributed by atoms with Gasteiger partial charge in [0.05, 0.1) is 15.8 Å². The number of anilines is 1. The van der Waals surface area contributed by atoms with Crippen molar-refractivity contribution in [2.45, 2.75) is 0 Å². The van der Waals surface area contributed by atoms with Crippen LogP contribution in [-0.2, 0) is 0 Å². The summed E-state index contributed by atoms with van der Waals surface area (Å²) in [7, 11) is 0. The number of carboxylic acids is 1. The molecule has 0 spiro atoms. The van der Waals surface area contributed by atoms with Crippen molar-refractivity contribution in [3.63, 3.8) is 0 Å². The summed E-state index contributed by atoms with van der Waals surface area (Å²) < 4.78 is 5.66. The lowest BCUT2D eigenvalue weighted by Crippen LogP contribution is -2.10. The van der Waals surface area contributed by atoms with Crippen LogP contribution in [0.1, 0.15) is 20.9 Å². The highest BCUT2D eigenvalue weighted by molar-refractivity contribution is 7.22. The number of benzene rings is 1. The Kier molecular flexibility index (Phi) is 3.36. The Hall–Kier alpha value is -2.38. The van der Waals surface area contributed by atoms with Crippen LogP contribution in [0.4, 0.5) is 5.13 Å². The van der Waals surface area contributed by atoms with E-state index in [4.69, 9.17) is 21.1 Å². The molecule has 2 N–H and O–H groups in total. The normalized spacial score (nSPS) is 10.7. The van der Waals surface area contributed by atoms with Crippen LogP contribution in [0, 0.1) is 0 Å². The zero-order valence-electron chi connectivity index (χ0n) is 10.3. The van der Waals surface area contributed by atoms with Gasteiger partial charge in [0, 0.05) is 0 Å². The number of hydrogen-bond acceptors (Lipinski definition) is 5. The first kappa shape index (κ1) is 13.6. The highest BCUT2D eigenvalue weighted by Crippen LogP contribution is 2.27. The summed E-state index contributed by atoms with van der Waals surface area (Å²) in [6.45, 7) is 0. The highest BCUT2D eigenvalue weighted by atomic mass is 35.5. The average Bonchev–Trinajstić information content (AvgIpc) is 3.03. The number of halogens is 1. The predicted molar refractivity (Wildman–Crippen MR) is 78.3 cm³/mol. The predicted octanol–water partition coefficient (Wildman–Crippen LogP) is 3.49. The van der Waals surface area contributed by atoms with E-state index in [0.29, 0.717) is 15.3 Å². The van der Waals surface area contributed by atoms with Gasteiger partial charge in [-0.2, -0.15) is 0 Å². The molecule has 0 aliphatic carbocycles. The van der Waals surface area contributed by atoms with Gasteiger partial charge in [0.25, 0.3) is 5.91 Å². The fourth-order valence-electron chi connectivity index (χ4n) is 1.71. The number of amides is 1. The number of carbonyl (C=O) groups excluding carboxylic acids is 1. The smallest absolute Gasteiger partial charge is 0.335 e. The summed E-state index contributed by atoms with van der Waals surface area (Å²) in [6.07, 6.45) is 0. The van der Waals surface area contributed by atoms with Crippen LogP contribution in [0.3, 0.4) is 0 Å². The maximum Gasteiger partial charge on any atom is 0.335 e. The molecule has 8 heteroatoms. The summed E-state index contributed by atoms with van der Waals surface area (Å²) in [6, 6.07) is 7.48. The Morgan fingerprint density at radius 3 is 2.76 bits per heavy atom. The van der Waals surface area contributed by atoms with Crippen LogP contribution in [-0.4, -0.2) is 22.0 Å². The van der Waals surface area contributed by atoms with Gasteiger partial charge >= 0.3 is 5.97 Å². The number of aromatic nitrogens is 1. The molecular formula is C13H7ClN2O4S. The number of nitrogens with one attached hydrogen (secondary N) is 1. The Morgan fingerprint density at radius 2 is 2.10 bits per heavy atom. The van der Waals surface area contributed by atoms with Gasteiger partial charge in [-0.25, -0.2) is 9.78 Å². The lowest BCUT2D eigenvalue weighted by molar-refractivity contribution is 0.0697. The monoisotopic (exact) mass is 322 g/mol. The minimum absolute atomic E-state index is 0.0745. The molecule has 6 nitrogen and oxygen atoms in total. The van der Waals surface area contributed by atoms with Gasteiger partial charge in [-0.05, 0) is 41.9 Å². The van der Waals surface area contributed by atoms with Crippen LogP contribution in [0.5, 0.6) is 0 Å². The molecule has 0 aliphatic heterocycles. The lowest BCUT2D eigenvalue weighted by Gasteiger charge is -1.96. The number of rotatable bonds is 3. The Morgan fingerprint density at radius 1 is 1.29 bits per heavy atom. The number of furan rings is 1. The van der Waals surface area contributed by atoms with E-state index in [1.807, 2.05) is 0 Å². The first-order valence-corrected chi connectivity index (χ1v) is 6.93. The molecule has 1 amide bonds. The summed E-state index contributed by atoms with van der Waals surface area (Å²) >= 11 is 6.78. The average molecular weight is 323 g/mol. The third-order valence-corrected chi connectivity index (χ3v) is 3.79. The molecule has 3 aromatic rings. The molecule has 21 heavy (non-hydrogen) atoms. The van der Waals surface area contributed by atoms with E-state index in [-0.39, 0.29) is 16.5 Å². The van der Waals surface area contributed by atoms with Crippen molar-refractivity contribution >= 4 is 50.2 Å². The molecule has 1 aromatic carbocycles. The van der Waals surface area contributed by atoms with E-state index in [1.165, 1.54) is 35.6 Å². The first-order valence-electron chi connectivity index (χ1n) is 5.73. The zero-order chi connectivity index (χ0) is 15.0. The fourth-order valence-corrected chi connectivity index (χ4v) is 2.75. The Bertz CT molecular complexity index is 855. The summed E-state index contributed by atoms with van der Waals surface area (Å²) in [5, 5.41) is 12.0. The van der Waals surface area contributed by atoms with E-state index in [0.717, 1.165) is 0 Å². The van der Waals surface area contributed by atoms with Crippen molar-refractivity contribution in [3.8, 4) is 0 Å². The Balaban J connectivity index is 1.87. The number of hydrogen-bond donors (Lipinski definition) is 2. The molecule has 0 unspecified atom stereocenters. The molecule has 0 atom stereocenters. The van der Waals surface area contributed by atoms with Crippen molar-refractivity contribution in [1.29, 1.82) is 0 Å². The van der Waals surface area contributed by atoms with Gasteiger partial charge in [0.15, 0.2) is 16.1 Å². The second-order valence-corrected chi connectivity index (χ2v) is 5.47. The molecule has 106 valence electrons. The number of fused-ring (bicyclic) bond motifs is 1. The quantitative estimate of drug-likeness (QED) is 0.770. The SMILES string of the molecule is O=C(O)c1ccc2nc(NC(=O)c3ccc(Cl)o3)sc2c1. The number of carbonyl (C=O) groups is 2. The van der Waals surface area contributed by atoms with E-state index < -0.39 is 11.9 Å². The molecule has 0 saturated heterocycles. The maximum atomic E-state index is 11.9. The van der Waals surface area contributed by atoms with Crippen LogP contribution in [0.15, 0.2) is 34.7 Å². The van der Waals surface area contributed by atoms with E-state index >= 15 is 0 Å². The van der Waals surface area contributed by atoms with Crippen molar-refractivity contribution in [2.24, 2.45) is 0 Å². The van der Waals surface area contributed by atoms with E-state index in [2.05, 4.69) is 10.3 Å². The molecule has 2 heterocycles. The molecule has 0 radical (unpaired) electrons. The maximum absolute atomic E-state index is 11.9. The van der Waals surface area contributed by atoms with Gasteiger partial charge in [-0.1, -0.05) is 11.3 Å². The van der Waals surface area contributed by atoms with Gasteiger partial charge < -0.3 is 9.52 Å². The van der Waals surface area contributed by atoms with Crippen LogP contribution >= 0.6 is 22.9 Å². The fraction of sp³-hybridized carbons (Fsp3) is 0. The van der Waals surface area contributed by atoms with Crippen molar-refractivity contribution in [3.05, 3.63) is 46.9 Å². The molecule has 0 bridgehead atoms. The van der Waals surface area contributed by atoms with E-state index in [9.17, 15) is 9.59 Å². The van der Waals surface area contributed by atoms with Crippen LogP contribution in [0.2, 0.25) is 5.22 Å². The third kappa shape index (κ3) is 2.74.